The molecule has 10 aromatic carbocycles. The largest absolute Gasteiger partial charge is 0.309 e. The first kappa shape index (κ1) is 29.0. The topological polar surface area (TPSA) is 22.8 Å². The van der Waals surface area contributed by atoms with Crippen molar-refractivity contribution < 1.29 is 8.22 Å². The SMILES string of the molecule is [2H]c1c([2H])c([2H])c2c(-n3c4ccc(-c5ccccc5)cc4c4cc5ccccc5cc43)c([2H])c([2H])c(-c3cc4ccccc4c(-c4ccc5c6ccccc6n(-c6ccccc6)c5c4)n3)c2c1[2H]. The standard InChI is InChI=1S/C59H37N3/c1-3-15-38(16-4-1)41-28-31-56-51(34-41)52-33-39-17-7-8-18-40(39)36-58(52)62(56)55-32-30-47(46-23-11-12-24-48(46)55)53-35-42-19-9-10-22-45(42)59(60-53)43-27-29-50-49-25-13-14-26-54(49)61(57(50)37-43)44-20-5-2-6-21-44/h1-37H/i11D,12D,23D,24D,30D,32D. The molecule has 0 amide bonds. The van der Waals surface area contributed by atoms with Crippen LogP contribution in [0.1, 0.15) is 8.22 Å². The Morgan fingerprint density at radius 3 is 1.82 bits per heavy atom. The zero-order valence-electron chi connectivity index (χ0n) is 39.2. The van der Waals surface area contributed by atoms with E-state index in [9.17, 15) is 5.48 Å². The zero-order chi connectivity index (χ0) is 45.9. The molecule has 0 N–H and O–H groups in total. The van der Waals surface area contributed by atoms with Gasteiger partial charge in [0.2, 0.25) is 0 Å². The Balaban J connectivity index is 1.11. The Morgan fingerprint density at radius 1 is 0.355 bits per heavy atom. The highest BCUT2D eigenvalue weighted by atomic mass is 15.0. The first-order valence-corrected chi connectivity index (χ1v) is 20.8. The van der Waals surface area contributed by atoms with Gasteiger partial charge in [0.25, 0.3) is 0 Å². The second kappa shape index (κ2) is 13.6. The lowest BCUT2D eigenvalue weighted by molar-refractivity contribution is 1.18. The van der Waals surface area contributed by atoms with Crippen LogP contribution in [0.4, 0.5) is 0 Å². The van der Waals surface area contributed by atoms with Crippen LogP contribution in [-0.4, -0.2) is 14.1 Å². The van der Waals surface area contributed by atoms with Crippen LogP contribution < -0.4 is 0 Å². The van der Waals surface area contributed by atoms with Crippen LogP contribution >= 0.6 is 0 Å². The van der Waals surface area contributed by atoms with Crippen LogP contribution in [-0.2, 0) is 0 Å². The van der Waals surface area contributed by atoms with Gasteiger partial charge in [-0.1, -0.05) is 164 Å². The van der Waals surface area contributed by atoms with E-state index in [4.69, 9.17) is 7.73 Å². The van der Waals surface area contributed by atoms with Crippen molar-refractivity contribution in [2.45, 2.75) is 0 Å². The molecule has 3 nitrogen and oxygen atoms in total. The summed E-state index contributed by atoms with van der Waals surface area (Å²) < 4.78 is 61.6. The average Bonchev–Trinajstić information content (AvgIpc) is 3.88. The molecule has 13 rings (SSSR count). The van der Waals surface area contributed by atoms with Gasteiger partial charge in [0.05, 0.1) is 47.4 Å². The van der Waals surface area contributed by atoms with Crippen molar-refractivity contribution in [3.63, 3.8) is 0 Å². The lowest BCUT2D eigenvalue weighted by Gasteiger charge is -2.16. The number of nitrogens with zero attached hydrogens (tertiary/aromatic N) is 3. The third-order valence-corrected chi connectivity index (χ3v) is 12.4. The number of para-hydroxylation sites is 2. The molecule has 0 spiro atoms. The van der Waals surface area contributed by atoms with E-state index in [2.05, 4.69) is 95.6 Å². The van der Waals surface area contributed by atoms with Crippen LogP contribution in [0.25, 0.3) is 121 Å². The molecule has 288 valence electrons. The minimum Gasteiger partial charge on any atom is -0.309 e. The summed E-state index contributed by atoms with van der Waals surface area (Å²) >= 11 is 0. The summed E-state index contributed by atoms with van der Waals surface area (Å²) in [6.45, 7) is 0. The van der Waals surface area contributed by atoms with E-state index in [0.29, 0.717) is 11.4 Å². The monoisotopic (exact) mass is 793 g/mol. The fourth-order valence-corrected chi connectivity index (χ4v) is 9.56. The number of fused-ring (bicyclic) bond motifs is 9. The molecule has 0 aliphatic carbocycles. The molecule has 62 heavy (non-hydrogen) atoms. The Labute approximate surface area is 366 Å². The smallest absolute Gasteiger partial charge is 0.0788 e. The Morgan fingerprint density at radius 2 is 0.984 bits per heavy atom. The Hall–Kier alpha value is -8.27. The van der Waals surface area contributed by atoms with E-state index in [1.807, 2.05) is 102 Å². The maximum atomic E-state index is 10.1. The van der Waals surface area contributed by atoms with Gasteiger partial charge < -0.3 is 9.13 Å². The van der Waals surface area contributed by atoms with E-state index in [0.717, 1.165) is 87.5 Å². The third-order valence-electron chi connectivity index (χ3n) is 12.4. The zero-order valence-corrected chi connectivity index (χ0v) is 33.2. The lowest BCUT2D eigenvalue weighted by Crippen LogP contribution is -1.98. The molecule has 3 heteroatoms. The van der Waals surface area contributed by atoms with Gasteiger partial charge in [-0.05, 0) is 93.3 Å². The third kappa shape index (κ3) is 5.28. The maximum absolute atomic E-state index is 10.1. The number of hydrogen-bond donors (Lipinski definition) is 0. The molecule has 0 radical (unpaired) electrons. The molecule has 0 bridgehead atoms. The number of hydrogen-bond acceptors (Lipinski definition) is 1. The molecule has 3 heterocycles. The van der Waals surface area contributed by atoms with E-state index in [1.54, 1.807) is 0 Å². The maximum Gasteiger partial charge on any atom is 0.0788 e. The summed E-state index contributed by atoms with van der Waals surface area (Å²) in [6, 6.07) is 61.7. The van der Waals surface area contributed by atoms with Gasteiger partial charge in [-0.15, -0.1) is 0 Å². The molecular weight excluding hydrogens is 751 g/mol. The van der Waals surface area contributed by atoms with Crippen LogP contribution in [0.15, 0.2) is 224 Å². The van der Waals surface area contributed by atoms with E-state index >= 15 is 0 Å². The van der Waals surface area contributed by atoms with E-state index in [1.165, 1.54) is 0 Å². The van der Waals surface area contributed by atoms with Gasteiger partial charge in [-0.2, -0.15) is 0 Å². The number of rotatable bonds is 5. The van der Waals surface area contributed by atoms with Crippen LogP contribution in [0.5, 0.6) is 0 Å². The molecule has 0 atom stereocenters. The first-order chi connectivity index (χ1) is 33.2. The fourth-order valence-electron chi connectivity index (χ4n) is 9.56. The van der Waals surface area contributed by atoms with Gasteiger partial charge in [0, 0.05) is 49.1 Å². The molecule has 0 saturated carbocycles. The molecule has 0 unspecified atom stereocenters. The van der Waals surface area contributed by atoms with Gasteiger partial charge in [0.15, 0.2) is 0 Å². The summed E-state index contributed by atoms with van der Waals surface area (Å²) in [5.74, 6) is 0. The summed E-state index contributed by atoms with van der Waals surface area (Å²) in [4.78, 5) is 5.37. The quantitative estimate of drug-likeness (QED) is 0.170. The second-order valence-electron chi connectivity index (χ2n) is 15.9. The molecule has 0 aliphatic rings. The predicted molar refractivity (Wildman–Crippen MR) is 262 cm³/mol. The molecule has 0 saturated heterocycles. The number of aromatic nitrogens is 3. The van der Waals surface area contributed by atoms with Crippen molar-refractivity contribution >= 4 is 75.9 Å². The van der Waals surface area contributed by atoms with E-state index in [-0.39, 0.29) is 46.2 Å². The lowest BCUT2D eigenvalue weighted by atomic mass is 9.96. The highest BCUT2D eigenvalue weighted by Crippen LogP contribution is 2.42. The second-order valence-corrected chi connectivity index (χ2v) is 15.9. The van der Waals surface area contributed by atoms with Gasteiger partial charge >= 0.3 is 0 Å². The van der Waals surface area contributed by atoms with Crippen molar-refractivity contribution in [2.75, 3.05) is 0 Å². The van der Waals surface area contributed by atoms with Crippen molar-refractivity contribution in [3.8, 4) is 45.0 Å². The first-order valence-electron chi connectivity index (χ1n) is 23.8. The number of benzene rings is 10. The van der Waals surface area contributed by atoms with Crippen molar-refractivity contribution in [1.29, 1.82) is 0 Å². The molecule has 13 aromatic rings. The van der Waals surface area contributed by atoms with Crippen molar-refractivity contribution in [1.82, 2.24) is 14.1 Å². The Bertz CT molecular complexity index is 4270. The summed E-state index contributed by atoms with van der Waals surface area (Å²) in [6.07, 6.45) is 0. The fraction of sp³-hybridized carbons (Fsp3) is 0. The van der Waals surface area contributed by atoms with Crippen molar-refractivity contribution in [2.24, 2.45) is 0 Å². The normalized spacial score (nSPS) is 13.2. The van der Waals surface area contributed by atoms with Crippen LogP contribution in [0.3, 0.4) is 0 Å². The summed E-state index contributed by atoms with van der Waals surface area (Å²) in [7, 11) is 0. The Kier molecular flexibility index (Phi) is 6.39. The van der Waals surface area contributed by atoms with Gasteiger partial charge in [-0.25, -0.2) is 4.98 Å². The minimum absolute atomic E-state index is 0.136. The number of pyridine rings is 1. The molecule has 0 fully saturated rings. The summed E-state index contributed by atoms with van der Waals surface area (Å²) in [5.41, 5.74) is 8.88. The molecule has 3 aromatic heterocycles. The average molecular weight is 794 g/mol. The molecule has 0 aliphatic heterocycles. The molecular formula is C59H37N3. The highest BCUT2D eigenvalue weighted by Gasteiger charge is 2.20. The highest BCUT2D eigenvalue weighted by molar-refractivity contribution is 6.16. The van der Waals surface area contributed by atoms with Crippen molar-refractivity contribution in [3.05, 3.63) is 224 Å². The van der Waals surface area contributed by atoms with Crippen LogP contribution in [0.2, 0.25) is 0 Å². The summed E-state index contributed by atoms with van der Waals surface area (Å²) in [5, 5.41) is 8.07. The van der Waals surface area contributed by atoms with Gasteiger partial charge in [-0.3, -0.25) is 0 Å². The predicted octanol–water partition coefficient (Wildman–Crippen LogP) is 15.7. The van der Waals surface area contributed by atoms with Crippen LogP contribution in [0, 0.1) is 0 Å². The van der Waals surface area contributed by atoms with E-state index < -0.39 is 12.1 Å². The van der Waals surface area contributed by atoms with Gasteiger partial charge in [0.1, 0.15) is 0 Å². The minimum atomic E-state index is -0.423.